The molecule has 1 saturated heterocycles. The Labute approximate surface area is 117 Å². The number of carboxylic acid groups (broad SMARTS) is 1. The average molecular weight is 278 g/mol. The van der Waals surface area contributed by atoms with Crippen LogP contribution in [0.15, 0.2) is 18.2 Å². The van der Waals surface area contributed by atoms with Crippen LogP contribution in [0.5, 0.6) is 5.75 Å². The number of nitrogens with two attached hydrogens (primary N) is 1. The second-order valence-electron chi connectivity index (χ2n) is 5.01. The first kappa shape index (κ1) is 14.2. The third-order valence-electron chi connectivity index (χ3n) is 3.67. The Bertz CT molecular complexity index is 544. The van der Waals surface area contributed by atoms with Gasteiger partial charge in [0.05, 0.1) is 12.7 Å². The van der Waals surface area contributed by atoms with E-state index in [1.54, 1.807) is 18.2 Å². The Morgan fingerprint density at radius 1 is 1.45 bits per heavy atom. The Morgan fingerprint density at radius 3 is 2.75 bits per heavy atom. The average Bonchev–Trinajstić information content (AvgIpc) is 2.79. The fourth-order valence-electron chi connectivity index (χ4n) is 2.59. The van der Waals surface area contributed by atoms with Crippen LogP contribution in [0.25, 0.3) is 0 Å². The Hall–Kier alpha value is -2.24. The second-order valence-corrected chi connectivity index (χ2v) is 5.01. The molecule has 2 atom stereocenters. The van der Waals surface area contributed by atoms with Crippen molar-refractivity contribution in [3.63, 3.8) is 0 Å². The van der Waals surface area contributed by atoms with Crippen molar-refractivity contribution in [1.29, 1.82) is 0 Å². The smallest absolute Gasteiger partial charge is 0.326 e. The van der Waals surface area contributed by atoms with E-state index in [-0.39, 0.29) is 11.8 Å². The van der Waals surface area contributed by atoms with Crippen LogP contribution in [0.4, 0.5) is 5.69 Å². The minimum atomic E-state index is -0.974. The lowest BCUT2D eigenvalue weighted by atomic mass is 10.0. The van der Waals surface area contributed by atoms with E-state index in [0.29, 0.717) is 30.0 Å². The number of rotatable bonds is 3. The molecular formula is C14H18N2O4. The maximum absolute atomic E-state index is 12.5. The van der Waals surface area contributed by atoms with E-state index in [2.05, 4.69) is 0 Å². The van der Waals surface area contributed by atoms with Crippen molar-refractivity contribution in [2.45, 2.75) is 19.4 Å². The van der Waals surface area contributed by atoms with E-state index in [9.17, 15) is 14.7 Å². The summed E-state index contributed by atoms with van der Waals surface area (Å²) in [5, 5.41) is 9.28. The first-order valence-corrected chi connectivity index (χ1v) is 6.43. The molecule has 1 aliphatic rings. The summed E-state index contributed by atoms with van der Waals surface area (Å²) >= 11 is 0. The number of carboxylic acids is 1. The van der Waals surface area contributed by atoms with Crippen molar-refractivity contribution in [2.75, 3.05) is 19.4 Å². The zero-order valence-corrected chi connectivity index (χ0v) is 11.5. The lowest BCUT2D eigenvalue weighted by Gasteiger charge is -2.24. The van der Waals surface area contributed by atoms with E-state index in [1.807, 2.05) is 6.92 Å². The predicted octanol–water partition coefficient (Wildman–Crippen LogP) is 1.21. The van der Waals surface area contributed by atoms with Crippen molar-refractivity contribution in [3.05, 3.63) is 23.8 Å². The van der Waals surface area contributed by atoms with Crippen LogP contribution >= 0.6 is 0 Å². The third-order valence-corrected chi connectivity index (χ3v) is 3.67. The van der Waals surface area contributed by atoms with Gasteiger partial charge in [-0.2, -0.15) is 0 Å². The lowest BCUT2D eigenvalue weighted by Crippen LogP contribution is -2.42. The molecule has 108 valence electrons. The summed E-state index contributed by atoms with van der Waals surface area (Å²) in [7, 11) is 1.45. The van der Waals surface area contributed by atoms with Gasteiger partial charge >= 0.3 is 5.97 Å². The van der Waals surface area contributed by atoms with Gasteiger partial charge in [-0.05, 0) is 24.5 Å². The van der Waals surface area contributed by atoms with Gasteiger partial charge in [0, 0.05) is 18.3 Å². The number of ether oxygens (including phenoxy) is 1. The van der Waals surface area contributed by atoms with Gasteiger partial charge in [-0.3, -0.25) is 4.79 Å². The number of nitrogens with zero attached hydrogens (tertiary/aromatic N) is 1. The minimum Gasteiger partial charge on any atom is -0.496 e. The summed E-state index contributed by atoms with van der Waals surface area (Å²) in [5.74, 6) is -1.01. The van der Waals surface area contributed by atoms with E-state index >= 15 is 0 Å². The zero-order valence-electron chi connectivity index (χ0n) is 11.5. The number of benzene rings is 1. The molecule has 1 amide bonds. The molecule has 1 aliphatic heterocycles. The van der Waals surface area contributed by atoms with Crippen LogP contribution in [0.1, 0.15) is 23.7 Å². The highest BCUT2D eigenvalue weighted by molar-refractivity contribution is 5.99. The Balaban J connectivity index is 2.34. The molecule has 0 spiro atoms. The van der Waals surface area contributed by atoms with Crippen LogP contribution in [0.2, 0.25) is 0 Å². The van der Waals surface area contributed by atoms with Crippen LogP contribution < -0.4 is 10.5 Å². The monoisotopic (exact) mass is 278 g/mol. The van der Waals surface area contributed by atoms with Crippen molar-refractivity contribution in [1.82, 2.24) is 4.90 Å². The van der Waals surface area contributed by atoms with Gasteiger partial charge in [0.25, 0.3) is 5.91 Å². The first-order valence-electron chi connectivity index (χ1n) is 6.43. The van der Waals surface area contributed by atoms with Crippen LogP contribution in [-0.2, 0) is 4.79 Å². The van der Waals surface area contributed by atoms with E-state index in [1.165, 1.54) is 12.0 Å². The highest BCUT2D eigenvalue weighted by atomic mass is 16.5. The summed E-state index contributed by atoms with van der Waals surface area (Å²) in [6, 6.07) is 3.94. The molecule has 6 heteroatoms. The molecule has 2 unspecified atom stereocenters. The van der Waals surface area contributed by atoms with Crippen LogP contribution in [0.3, 0.4) is 0 Å². The predicted molar refractivity (Wildman–Crippen MR) is 73.6 cm³/mol. The number of hydrogen-bond donors (Lipinski definition) is 2. The molecule has 2 rings (SSSR count). The molecule has 0 saturated carbocycles. The van der Waals surface area contributed by atoms with Crippen LogP contribution in [0, 0.1) is 5.92 Å². The molecule has 0 bridgehead atoms. The number of methoxy groups -OCH3 is 1. The molecule has 0 aromatic heterocycles. The molecule has 1 aromatic rings. The zero-order chi connectivity index (χ0) is 14.9. The molecule has 3 N–H and O–H groups in total. The molecule has 1 aromatic carbocycles. The number of hydrogen-bond acceptors (Lipinski definition) is 4. The fourth-order valence-corrected chi connectivity index (χ4v) is 2.59. The molecule has 0 radical (unpaired) electrons. The summed E-state index contributed by atoms with van der Waals surface area (Å²) in [6.45, 7) is 2.27. The second kappa shape index (κ2) is 5.40. The SMILES string of the molecule is COc1cc(N)ccc1C(=O)N1CCC(C)C1C(=O)O. The third kappa shape index (κ3) is 2.41. The number of nitrogen functional groups attached to an aromatic ring is 1. The quantitative estimate of drug-likeness (QED) is 0.811. The molecule has 1 heterocycles. The van der Waals surface area contributed by atoms with Gasteiger partial charge in [-0.25, -0.2) is 4.79 Å². The largest absolute Gasteiger partial charge is 0.496 e. The molecular weight excluding hydrogens is 260 g/mol. The summed E-state index contributed by atoms with van der Waals surface area (Å²) in [4.78, 5) is 25.3. The van der Waals surface area contributed by atoms with Gasteiger partial charge in [0.15, 0.2) is 0 Å². The number of carbonyl (C=O) groups excluding carboxylic acids is 1. The highest BCUT2D eigenvalue weighted by Crippen LogP contribution is 2.29. The highest BCUT2D eigenvalue weighted by Gasteiger charge is 2.40. The molecule has 20 heavy (non-hydrogen) atoms. The van der Waals surface area contributed by atoms with Gasteiger partial charge in [0.2, 0.25) is 0 Å². The van der Waals surface area contributed by atoms with E-state index in [0.717, 1.165) is 0 Å². The van der Waals surface area contributed by atoms with Gasteiger partial charge in [-0.15, -0.1) is 0 Å². The summed E-state index contributed by atoms with van der Waals surface area (Å²) < 4.78 is 5.15. The van der Waals surface area contributed by atoms with Gasteiger partial charge in [0.1, 0.15) is 11.8 Å². The number of carbonyl (C=O) groups is 2. The topological polar surface area (TPSA) is 92.9 Å². The molecule has 6 nitrogen and oxygen atoms in total. The van der Waals surface area contributed by atoms with E-state index in [4.69, 9.17) is 10.5 Å². The Kier molecular flexibility index (Phi) is 3.83. The van der Waals surface area contributed by atoms with Gasteiger partial charge in [-0.1, -0.05) is 6.92 Å². The van der Waals surface area contributed by atoms with Crippen molar-refractivity contribution in [3.8, 4) is 5.75 Å². The van der Waals surface area contributed by atoms with Gasteiger partial charge < -0.3 is 20.5 Å². The number of anilines is 1. The van der Waals surface area contributed by atoms with E-state index < -0.39 is 12.0 Å². The van der Waals surface area contributed by atoms with Crippen LogP contribution in [-0.4, -0.2) is 41.6 Å². The molecule has 1 fully saturated rings. The Morgan fingerprint density at radius 2 is 2.15 bits per heavy atom. The number of amides is 1. The summed E-state index contributed by atoms with van der Waals surface area (Å²) in [5.41, 5.74) is 6.48. The van der Waals surface area contributed by atoms with Crippen molar-refractivity contribution < 1.29 is 19.4 Å². The minimum absolute atomic E-state index is 0.0590. The maximum Gasteiger partial charge on any atom is 0.326 e. The normalized spacial score (nSPS) is 21.8. The standard InChI is InChI=1S/C14H18N2O4/c1-8-5-6-16(12(8)14(18)19)13(17)10-4-3-9(15)7-11(10)20-2/h3-4,7-8,12H,5-6,15H2,1-2H3,(H,18,19). The molecule has 0 aliphatic carbocycles. The lowest BCUT2D eigenvalue weighted by molar-refractivity contribution is -0.142. The summed E-state index contributed by atoms with van der Waals surface area (Å²) in [6.07, 6.45) is 0.681. The number of likely N-dealkylation sites (tertiary alicyclic amines) is 1. The first-order chi connectivity index (χ1) is 9.45. The maximum atomic E-state index is 12.5. The fraction of sp³-hybridized carbons (Fsp3) is 0.429. The van der Waals surface area contributed by atoms with Crippen molar-refractivity contribution in [2.24, 2.45) is 5.92 Å². The van der Waals surface area contributed by atoms with Crippen molar-refractivity contribution >= 4 is 17.6 Å². The number of aliphatic carboxylic acids is 1.